The van der Waals surface area contributed by atoms with E-state index in [1.165, 1.54) is 4.90 Å². The molecule has 25 heavy (non-hydrogen) atoms. The molecule has 0 N–H and O–H groups in total. The first-order valence-electron chi connectivity index (χ1n) is 8.16. The average Bonchev–Trinajstić information content (AvgIpc) is 2.53. The third-order valence-corrected chi connectivity index (χ3v) is 3.58. The van der Waals surface area contributed by atoms with Gasteiger partial charge in [0.2, 0.25) is 0 Å². The number of rotatable bonds is 6. The lowest BCUT2D eigenvalue weighted by molar-refractivity contribution is -0.137. The van der Waals surface area contributed by atoms with E-state index in [1.54, 1.807) is 33.0 Å². The van der Waals surface area contributed by atoms with Gasteiger partial charge in [0, 0.05) is 18.9 Å². The molecule has 0 saturated heterocycles. The molecule has 0 aliphatic carbocycles. The van der Waals surface area contributed by atoms with Crippen molar-refractivity contribution in [1.29, 1.82) is 0 Å². The second-order valence-electron chi connectivity index (χ2n) is 5.99. The van der Waals surface area contributed by atoms with Gasteiger partial charge >= 0.3 is 12.2 Å². The number of aromatic nitrogens is 2. The minimum absolute atomic E-state index is 0.0715. The van der Waals surface area contributed by atoms with Gasteiger partial charge in [-0.05, 0) is 31.9 Å². The maximum Gasteiger partial charge on any atom is 0.421 e. The van der Waals surface area contributed by atoms with Gasteiger partial charge in [-0.1, -0.05) is 31.5 Å². The average molecular weight is 353 g/mol. The van der Waals surface area contributed by atoms with E-state index < -0.39 is 11.7 Å². The van der Waals surface area contributed by atoms with Crippen LogP contribution in [0.5, 0.6) is 6.01 Å². The van der Waals surface area contributed by atoms with E-state index in [1.807, 2.05) is 19.1 Å². The molecule has 1 aromatic carbocycles. The maximum atomic E-state index is 13.4. The maximum absolute atomic E-state index is 13.4. The van der Waals surface area contributed by atoms with Crippen molar-refractivity contribution in [3.8, 4) is 6.01 Å². The first-order chi connectivity index (χ1) is 11.7. The Kier molecular flexibility index (Phi) is 5.87. The second kappa shape index (κ2) is 7.72. The fourth-order valence-electron chi connectivity index (χ4n) is 2.51. The molecule has 0 spiro atoms. The summed E-state index contributed by atoms with van der Waals surface area (Å²) in [5.41, 5.74) is 0.756. The van der Waals surface area contributed by atoms with Gasteiger partial charge in [0.05, 0.1) is 6.10 Å². The Hall–Kier alpha value is -2.31. The number of halogens is 3. The summed E-state index contributed by atoms with van der Waals surface area (Å²) in [6.45, 7) is 5.55. The number of anilines is 2. The monoisotopic (exact) mass is 353 g/mol. The largest absolute Gasteiger partial charge is 0.461 e. The van der Waals surface area contributed by atoms with Crippen molar-refractivity contribution < 1.29 is 17.9 Å². The molecule has 1 heterocycles. The van der Waals surface area contributed by atoms with Gasteiger partial charge in [-0.25, -0.2) is 4.98 Å². The molecule has 2 aromatic rings. The smallest absolute Gasteiger partial charge is 0.421 e. The minimum Gasteiger partial charge on any atom is -0.461 e. The summed E-state index contributed by atoms with van der Waals surface area (Å²) >= 11 is 0. The molecule has 0 atom stereocenters. The number of ether oxygens (including phenoxy) is 1. The molecule has 0 amide bonds. The molecular formula is C18H22F3N3O. The van der Waals surface area contributed by atoms with E-state index in [9.17, 15) is 13.2 Å². The second-order valence-corrected chi connectivity index (χ2v) is 5.99. The molecule has 0 fully saturated rings. The number of alkyl halides is 3. The molecule has 0 aliphatic heterocycles. The molecular weight excluding hydrogens is 331 g/mol. The third kappa shape index (κ3) is 4.61. The van der Waals surface area contributed by atoms with Gasteiger partial charge in [0.1, 0.15) is 5.56 Å². The van der Waals surface area contributed by atoms with E-state index in [4.69, 9.17) is 4.74 Å². The van der Waals surface area contributed by atoms with Gasteiger partial charge in [-0.3, -0.25) is 0 Å². The van der Waals surface area contributed by atoms with Crippen LogP contribution in [0.15, 0.2) is 30.5 Å². The zero-order valence-electron chi connectivity index (χ0n) is 14.8. The number of nitrogens with zero attached hydrogens (tertiary/aromatic N) is 3. The number of para-hydroxylation sites is 1. The zero-order chi connectivity index (χ0) is 18.6. The summed E-state index contributed by atoms with van der Waals surface area (Å²) in [5.74, 6) is -0.221. The van der Waals surface area contributed by atoms with Crippen LogP contribution in [0.2, 0.25) is 0 Å². The Morgan fingerprint density at radius 1 is 1.20 bits per heavy atom. The molecule has 0 saturated carbocycles. The molecule has 0 aliphatic rings. The highest BCUT2D eigenvalue weighted by Gasteiger charge is 2.37. The van der Waals surface area contributed by atoms with E-state index in [-0.39, 0.29) is 17.9 Å². The Morgan fingerprint density at radius 3 is 2.48 bits per heavy atom. The summed E-state index contributed by atoms with van der Waals surface area (Å²) in [5, 5.41) is 0. The van der Waals surface area contributed by atoms with Crippen molar-refractivity contribution in [1.82, 2.24) is 9.97 Å². The molecule has 7 heteroatoms. The summed E-state index contributed by atoms with van der Waals surface area (Å²) in [6, 6.07) is 7.30. The predicted octanol–water partition coefficient (Wildman–Crippen LogP) is 5.00. The van der Waals surface area contributed by atoms with Crippen molar-refractivity contribution >= 4 is 11.5 Å². The Labute approximate surface area is 145 Å². The van der Waals surface area contributed by atoms with E-state index in [2.05, 4.69) is 9.97 Å². The Balaban J connectivity index is 2.54. The standard InChI is InChI=1S/C18H22F3N3O/c1-5-8-13-9-6-7-10-15(13)24(4)16-14(18(19,20)21)11-22-17(23-16)25-12(2)3/h6-7,9-12H,5,8H2,1-4H3. The fourth-order valence-corrected chi connectivity index (χ4v) is 2.51. The minimum atomic E-state index is -4.56. The summed E-state index contributed by atoms with van der Waals surface area (Å²) in [6.07, 6.45) is -2.36. The third-order valence-electron chi connectivity index (χ3n) is 3.58. The van der Waals surface area contributed by atoms with Crippen LogP contribution in [0, 0.1) is 0 Å². The number of aryl methyl sites for hydroxylation is 1. The molecule has 1 aromatic heterocycles. The Bertz CT molecular complexity index is 717. The van der Waals surface area contributed by atoms with Crippen LogP contribution in [0.1, 0.15) is 38.3 Å². The van der Waals surface area contributed by atoms with Crippen LogP contribution < -0.4 is 9.64 Å². The van der Waals surface area contributed by atoms with E-state index in [0.29, 0.717) is 5.69 Å². The highest BCUT2D eigenvalue weighted by atomic mass is 19.4. The van der Waals surface area contributed by atoms with Crippen LogP contribution in [-0.2, 0) is 12.6 Å². The van der Waals surface area contributed by atoms with E-state index in [0.717, 1.165) is 24.6 Å². The molecule has 4 nitrogen and oxygen atoms in total. The topological polar surface area (TPSA) is 38.2 Å². The van der Waals surface area contributed by atoms with Crippen molar-refractivity contribution in [2.75, 3.05) is 11.9 Å². The van der Waals surface area contributed by atoms with E-state index >= 15 is 0 Å². The fraction of sp³-hybridized carbons (Fsp3) is 0.444. The molecule has 0 radical (unpaired) electrons. The number of benzene rings is 1. The first kappa shape index (κ1) is 19.0. The quantitative estimate of drug-likeness (QED) is 0.732. The lowest BCUT2D eigenvalue weighted by atomic mass is 10.1. The van der Waals surface area contributed by atoms with Crippen molar-refractivity contribution in [2.45, 2.75) is 45.9 Å². The lowest BCUT2D eigenvalue weighted by Crippen LogP contribution is -2.21. The SMILES string of the molecule is CCCc1ccccc1N(C)c1nc(OC(C)C)ncc1C(F)(F)F. The van der Waals surface area contributed by atoms with Gasteiger partial charge < -0.3 is 9.64 Å². The summed E-state index contributed by atoms with van der Waals surface area (Å²) in [7, 11) is 1.57. The van der Waals surface area contributed by atoms with Crippen LogP contribution in [-0.4, -0.2) is 23.1 Å². The summed E-state index contributed by atoms with van der Waals surface area (Å²) < 4.78 is 45.6. The van der Waals surface area contributed by atoms with Crippen LogP contribution >= 0.6 is 0 Å². The normalized spacial score (nSPS) is 11.7. The first-order valence-corrected chi connectivity index (χ1v) is 8.16. The van der Waals surface area contributed by atoms with Gasteiger partial charge in [-0.15, -0.1) is 0 Å². The molecule has 136 valence electrons. The van der Waals surface area contributed by atoms with Gasteiger partial charge in [-0.2, -0.15) is 18.2 Å². The van der Waals surface area contributed by atoms with Crippen molar-refractivity contribution in [3.05, 3.63) is 41.6 Å². The predicted molar refractivity (Wildman–Crippen MR) is 91.3 cm³/mol. The van der Waals surface area contributed by atoms with Gasteiger partial charge in [0.25, 0.3) is 0 Å². The summed E-state index contributed by atoms with van der Waals surface area (Å²) in [4.78, 5) is 9.18. The lowest BCUT2D eigenvalue weighted by Gasteiger charge is -2.25. The number of hydrogen-bond donors (Lipinski definition) is 0. The number of hydrogen-bond acceptors (Lipinski definition) is 4. The van der Waals surface area contributed by atoms with Gasteiger partial charge in [0.15, 0.2) is 5.82 Å². The van der Waals surface area contributed by atoms with Crippen molar-refractivity contribution in [3.63, 3.8) is 0 Å². The molecule has 2 rings (SSSR count). The highest BCUT2D eigenvalue weighted by Crippen LogP contribution is 2.38. The van der Waals surface area contributed by atoms with Crippen LogP contribution in [0.4, 0.5) is 24.7 Å². The van der Waals surface area contributed by atoms with Crippen LogP contribution in [0.3, 0.4) is 0 Å². The Morgan fingerprint density at radius 2 is 1.88 bits per heavy atom. The molecule has 0 bridgehead atoms. The highest BCUT2D eigenvalue weighted by molar-refractivity contribution is 5.66. The zero-order valence-corrected chi connectivity index (χ0v) is 14.8. The molecule has 0 unspecified atom stereocenters. The van der Waals surface area contributed by atoms with Crippen molar-refractivity contribution in [2.24, 2.45) is 0 Å². The van der Waals surface area contributed by atoms with Crippen LogP contribution in [0.25, 0.3) is 0 Å².